The SMILES string of the molecule is CCOc1ccc2ccccc2c1C(=O)NCc1ccc(C)cc1. The molecular weight excluding hydrogens is 298 g/mol. The quantitative estimate of drug-likeness (QED) is 0.753. The Balaban J connectivity index is 1.90. The summed E-state index contributed by atoms with van der Waals surface area (Å²) in [6.45, 7) is 4.99. The molecule has 3 nitrogen and oxygen atoms in total. The minimum Gasteiger partial charge on any atom is -0.493 e. The van der Waals surface area contributed by atoms with Crippen LogP contribution in [0.5, 0.6) is 5.75 Å². The van der Waals surface area contributed by atoms with Gasteiger partial charge in [-0.05, 0) is 36.2 Å². The van der Waals surface area contributed by atoms with Crippen LogP contribution in [-0.4, -0.2) is 12.5 Å². The molecule has 0 aliphatic carbocycles. The molecule has 0 atom stereocenters. The zero-order chi connectivity index (χ0) is 16.9. The molecule has 0 aromatic heterocycles. The zero-order valence-electron chi connectivity index (χ0n) is 14.0. The van der Waals surface area contributed by atoms with E-state index in [1.165, 1.54) is 5.56 Å². The number of carbonyl (C=O) groups is 1. The summed E-state index contributed by atoms with van der Waals surface area (Å²) in [5.74, 6) is 0.508. The average Bonchev–Trinajstić information content (AvgIpc) is 2.61. The molecule has 1 amide bonds. The van der Waals surface area contributed by atoms with Crippen LogP contribution in [0.2, 0.25) is 0 Å². The first-order valence-corrected chi connectivity index (χ1v) is 8.17. The molecule has 0 spiro atoms. The first-order chi connectivity index (χ1) is 11.7. The Hall–Kier alpha value is -2.81. The fourth-order valence-electron chi connectivity index (χ4n) is 2.74. The van der Waals surface area contributed by atoms with Crippen LogP contribution in [0.25, 0.3) is 10.8 Å². The van der Waals surface area contributed by atoms with E-state index in [0.29, 0.717) is 24.5 Å². The Morgan fingerprint density at radius 2 is 1.75 bits per heavy atom. The fourth-order valence-corrected chi connectivity index (χ4v) is 2.74. The highest BCUT2D eigenvalue weighted by Gasteiger charge is 2.16. The van der Waals surface area contributed by atoms with Gasteiger partial charge >= 0.3 is 0 Å². The third kappa shape index (κ3) is 3.40. The molecule has 0 aliphatic heterocycles. The molecular formula is C21H21NO2. The van der Waals surface area contributed by atoms with Crippen molar-refractivity contribution < 1.29 is 9.53 Å². The van der Waals surface area contributed by atoms with E-state index >= 15 is 0 Å². The third-order valence-electron chi connectivity index (χ3n) is 3.99. The van der Waals surface area contributed by atoms with E-state index in [0.717, 1.165) is 16.3 Å². The number of nitrogens with one attached hydrogen (secondary N) is 1. The van der Waals surface area contributed by atoms with Crippen molar-refractivity contribution in [3.63, 3.8) is 0 Å². The second-order valence-electron chi connectivity index (χ2n) is 5.76. The zero-order valence-corrected chi connectivity index (χ0v) is 14.0. The maximum Gasteiger partial charge on any atom is 0.255 e. The van der Waals surface area contributed by atoms with Gasteiger partial charge in [0.25, 0.3) is 5.91 Å². The highest BCUT2D eigenvalue weighted by Crippen LogP contribution is 2.28. The molecule has 1 N–H and O–H groups in total. The van der Waals surface area contributed by atoms with Crippen LogP contribution in [0, 0.1) is 6.92 Å². The maximum atomic E-state index is 12.8. The van der Waals surface area contributed by atoms with Crippen LogP contribution in [0.4, 0.5) is 0 Å². The van der Waals surface area contributed by atoms with Crippen molar-refractivity contribution in [2.24, 2.45) is 0 Å². The van der Waals surface area contributed by atoms with Crippen LogP contribution in [-0.2, 0) is 6.54 Å². The molecule has 0 radical (unpaired) electrons. The van der Waals surface area contributed by atoms with Gasteiger partial charge in [0, 0.05) is 6.54 Å². The lowest BCUT2D eigenvalue weighted by molar-refractivity contribution is 0.0949. The normalized spacial score (nSPS) is 10.6. The van der Waals surface area contributed by atoms with Gasteiger partial charge in [0.15, 0.2) is 0 Å². The van der Waals surface area contributed by atoms with Crippen LogP contribution in [0.15, 0.2) is 60.7 Å². The number of fused-ring (bicyclic) bond motifs is 1. The predicted octanol–water partition coefficient (Wildman–Crippen LogP) is 4.48. The Labute approximate surface area is 142 Å². The lowest BCUT2D eigenvalue weighted by Crippen LogP contribution is -2.23. The molecule has 3 heteroatoms. The van der Waals surface area contributed by atoms with Gasteiger partial charge in [-0.1, -0.05) is 60.2 Å². The Morgan fingerprint density at radius 3 is 2.50 bits per heavy atom. The number of hydrogen-bond donors (Lipinski definition) is 1. The molecule has 0 heterocycles. The second-order valence-corrected chi connectivity index (χ2v) is 5.76. The summed E-state index contributed by atoms with van der Waals surface area (Å²) in [6, 6.07) is 19.9. The van der Waals surface area contributed by atoms with Crippen LogP contribution in [0.3, 0.4) is 0 Å². The first-order valence-electron chi connectivity index (χ1n) is 8.17. The van der Waals surface area contributed by atoms with Gasteiger partial charge in [0.05, 0.1) is 12.2 Å². The molecule has 3 rings (SSSR count). The van der Waals surface area contributed by atoms with Gasteiger partial charge in [0.2, 0.25) is 0 Å². The first kappa shape index (κ1) is 16.1. The molecule has 3 aromatic rings. The largest absolute Gasteiger partial charge is 0.493 e. The van der Waals surface area contributed by atoms with Crippen molar-refractivity contribution in [2.75, 3.05) is 6.61 Å². The number of amides is 1. The Kier molecular flexibility index (Phi) is 4.80. The number of benzene rings is 3. The van der Waals surface area contributed by atoms with E-state index in [4.69, 9.17) is 4.74 Å². The molecule has 24 heavy (non-hydrogen) atoms. The van der Waals surface area contributed by atoms with Crippen molar-refractivity contribution >= 4 is 16.7 Å². The molecule has 0 aliphatic rings. The number of aryl methyl sites for hydroxylation is 1. The van der Waals surface area contributed by atoms with Crippen molar-refractivity contribution in [1.82, 2.24) is 5.32 Å². The van der Waals surface area contributed by atoms with Gasteiger partial charge in [-0.3, -0.25) is 4.79 Å². The summed E-state index contributed by atoms with van der Waals surface area (Å²) >= 11 is 0. The van der Waals surface area contributed by atoms with E-state index in [-0.39, 0.29) is 5.91 Å². The van der Waals surface area contributed by atoms with Gasteiger partial charge < -0.3 is 10.1 Å². The summed E-state index contributed by atoms with van der Waals surface area (Å²) in [5.41, 5.74) is 2.88. The number of ether oxygens (including phenoxy) is 1. The van der Waals surface area contributed by atoms with E-state index in [1.807, 2.05) is 74.5 Å². The summed E-state index contributed by atoms with van der Waals surface area (Å²) < 4.78 is 5.67. The summed E-state index contributed by atoms with van der Waals surface area (Å²) in [5, 5.41) is 4.94. The summed E-state index contributed by atoms with van der Waals surface area (Å²) in [6.07, 6.45) is 0. The van der Waals surface area contributed by atoms with Crippen molar-refractivity contribution in [3.05, 3.63) is 77.4 Å². The minimum atomic E-state index is -0.115. The van der Waals surface area contributed by atoms with E-state index in [2.05, 4.69) is 5.32 Å². The van der Waals surface area contributed by atoms with Crippen LogP contribution in [0.1, 0.15) is 28.4 Å². The van der Waals surface area contributed by atoms with Gasteiger partial charge in [-0.2, -0.15) is 0 Å². The molecule has 0 bridgehead atoms. The van der Waals surface area contributed by atoms with Crippen molar-refractivity contribution in [3.8, 4) is 5.75 Å². The number of rotatable bonds is 5. The lowest BCUT2D eigenvalue weighted by atomic mass is 10.0. The standard InChI is InChI=1S/C21H21NO2/c1-3-24-19-13-12-17-6-4-5-7-18(17)20(19)21(23)22-14-16-10-8-15(2)9-11-16/h4-13H,3,14H2,1-2H3,(H,22,23). The smallest absolute Gasteiger partial charge is 0.255 e. The monoisotopic (exact) mass is 319 g/mol. The average molecular weight is 319 g/mol. The maximum absolute atomic E-state index is 12.8. The fraction of sp³-hybridized carbons (Fsp3) is 0.190. The van der Waals surface area contributed by atoms with E-state index in [9.17, 15) is 4.79 Å². The van der Waals surface area contributed by atoms with Crippen LogP contribution < -0.4 is 10.1 Å². The molecule has 0 saturated heterocycles. The van der Waals surface area contributed by atoms with Gasteiger partial charge in [-0.15, -0.1) is 0 Å². The molecule has 0 fully saturated rings. The van der Waals surface area contributed by atoms with Gasteiger partial charge in [-0.25, -0.2) is 0 Å². The molecule has 0 saturated carbocycles. The highest BCUT2D eigenvalue weighted by atomic mass is 16.5. The minimum absolute atomic E-state index is 0.115. The van der Waals surface area contributed by atoms with E-state index in [1.54, 1.807) is 0 Å². The third-order valence-corrected chi connectivity index (χ3v) is 3.99. The Morgan fingerprint density at radius 1 is 1.00 bits per heavy atom. The number of carbonyl (C=O) groups excluding carboxylic acids is 1. The Bertz CT molecular complexity index is 853. The second kappa shape index (κ2) is 7.18. The summed E-state index contributed by atoms with van der Waals surface area (Å²) in [7, 11) is 0. The molecule has 122 valence electrons. The number of hydrogen-bond acceptors (Lipinski definition) is 2. The molecule has 3 aromatic carbocycles. The van der Waals surface area contributed by atoms with Crippen molar-refractivity contribution in [1.29, 1.82) is 0 Å². The lowest BCUT2D eigenvalue weighted by Gasteiger charge is -2.13. The predicted molar refractivity (Wildman–Crippen MR) is 97.5 cm³/mol. The van der Waals surface area contributed by atoms with Crippen molar-refractivity contribution in [2.45, 2.75) is 20.4 Å². The summed E-state index contributed by atoms with van der Waals surface area (Å²) in [4.78, 5) is 12.8. The topological polar surface area (TPSA) is 38.3 Å². The van der Waals surface area contributed by atoms with E-state index < -0.39 is 0 Å². The highest BCUT2D eigenvalue weighted by molar-refractivity contribution is 6.09. The molecule has 0 unspecified atom stereocenters. The van der Waals surface area contributed by atoms with Gasteiger partial charge in [0.1, 0.15) is 5.75 Å². The van der Waals surface area contributed by atoms with Crippen LogP contribution >= 0.6 is 0 Å².